The molecule has 0 aliphatic rings. The molecular weight excluding hydrogens is 406 g/mol. The number of nitrogens with zero attached hydrogens (tertiary/aromatic N) is 2. The van der Waals surface area contributed by atoms with Crippen molar-refractivity contribution in [2.45, 2.75) is 25.2 Å². The topological polar surface area (TPSA) is 85.1 Å². The molecule has 0 atom stereocenters. The molecule has 0 spiro atoms. The highest BCUT2D eigenvalue weighted by atomic mass is 32.2. The number of nitrogens with one attached hydrogen (secondary N) is 1. The predicted molar refractivity (Wildman–Crippen MR) is 114 cm³/mol. The van der Waals surface area contributed by atoms with Gasteiger partial charge in [-0.1, -0.05) is 35.5 Å². The van der Waals surface area contributed by atoms with Gasteiger partial charge in [0.1, 0.15) is 0 Å². The Morgan fingerprint density at radius 1 is 1.03 bits per heavy atom. The Morgan fingerprint density at radius 2 is 1.86 bits per heavy atom. The van der Waals surface area contributed by atoms with Gasteiger partial charge in [-0.05, 0) is 60.2 Å². The molecule has 2 heterocycles. The van der Waals surface area contributed by atoms with Crippen molar-refractivity contribution in [2.24, 2.45) is 0 Å². The summed E-state index contributed by atoms with van der Waals surface area (Å²) >= 11 is 1.53. The van der Waals surface area contributed by atoms with Crippen molar-refractivity contribution in [1.29, 1.82) is 0 Å². The first-order chi connectivity index (χ1) is 13.9. The number of benzene rings is 2. The van der Waals surface area contributed by atoms with Crippen molar-refractivity contribution in [3.05, 3.63) is 82.6 Å². The molecule has 0 aliphatic heterocycles. The zero-order chi connectivity index (χ0) is 20.4. The maximum absolute atomic E-state index is 12.9. The predicted octanol–water partition coefficient (Wildman–Crippen LogP) is 4.81. The summed E-state index contributed by atoms with van der Waals surface area (Å²) in [5.74, 6) is 0.953. The van der Waals surface area contributed by atoms with Crippen LogP contribution in [0.25, 0.3) is 10.7 Å². The summed E-state index contributed by atoms with van der Waals surface area (Å²) in [4.78, 5) is 5.57. The summed E-state index contributed by atoms with van der Waals surface area (Å²) in [6, 6.07) is 16.1. The van der Waals surface area contributed by atoms with Gasteiger partial charge in [0.2, 0.25) is 11.7 Å². The molecule has 0 saturated carbocycles. The lowest BCUT2D eigenvalue weighted by molar-refractivity contribution is 0.386. The van der Waals surface area contributed by atoms with E-state index >= 15 is 0 Å². The standard InChI is InChI=1S/C21H19N3O3S2/c1-14-9-10-17(12-15(14)2)29(25,26)24-18-7-4-3-6-16(18)13-20-22-21(23-27-20)19-8-5-11-28-19/h3-12,24H,13H2,1-2H3. The highest BCUT2D eigenvalue weighted by molar-refractivity contribution is 7.92. The smallest absolute Gasteiger partial charge is 0.261 e. The molecule has 6 nitrogen and oxygen atoms in total. The number of sulfonamides is 1. The molecule has 0 fully saturated rings. The summed E-state index contributed by atoms with van der Waals surface area (Å²) in [7, 11) is -3.71. The van der Waals surface area contributed by atoms with Crippen molar-refractivity contribution in [2.75, 3.05) is 4.72 Å². The Morgan fingerprint density at radius 3 is 2.62 bits per heavy atom. The largest absolute Gasteiger partial charge is 0.339 e. The van der Waals surface area contributed by atoms with Crippen LogP contribution in [0.2, 0.25) is 0 Å². The summed E-state index contributed by atoms with van der Waals surface area (Å²) in [6.07, 6.45) is 0.323. The molecule has 2 aromatic heterocycles. The number of para-hydroxylation sites is 1. The molecule has 0 aliphatic carbocycles. The van der Waals surface area contributed by atoms with Crippen molar-refractivity contribution >= 4 is 27.0 Å². The van der Waals surface area contributed by atoms with Gasteiger partial charge in [0.25, 0.3) is 10.0 Å². The molecule has 0 saturated heterocycles. The zero-order valence-electron chi connectivity index (χ0n) is 15.9. The Labute approximate surface area is 173 Å². The van der Waals surface area contributed by atoms with E-state index in [1.807, 2.05) is 43.5 Å². The molecule has 0 amide bonds. The van der Waals surface area contributed by atoms with Crippen LogP contribution in [0.3, 0.4) is 0 Å². The minimum Gasteiger partial charge on any atom is -0.339 e. The van der Waals surface area contributed by atoms with E-state index in [0.29, 0.717) is 23.8 Å². The Hall–Kier alpha value is -2.97. The lowest BCUT2D eigenvalue weighted by Crippen LogP contribution is -2.14. The third kappa shape index (κ3) is 4.23. The number of hydrogen-bond acceptors (Lipinski definition) is 6. The monoisotopic (exact) mass is 425 g/mol. The summed E-state index contributed by atoms with van der Waals surface area (Å²) in [5, 5.41) is 5.96. The SMILES string of the molecule is Cc1ccc(S(=O)(=O)Nc2ccccc2Cc2nc(-c3cccs3)no2)cc1C. The van der Waals surface area contributed by atoms with Crippen LogP contribution in [0.15, 0.2) is 69.4 Å². The third-order valence-electron chi connectivity index (χ3n) is 4.60. The molecule has 8 heteroatoms. The minimum absolute atomic E-state index is 0.230. The Kier molecular flexibility index (Phi) is 5.21. The van der Waals surface area contributed by atoms with Gasteiger partial charge >= 0.3 is 0 Å². The van der Waals surface area contributed by atoms with Gasteiger partial charge in [0, 0.05) is 0 Å². The lowest BCUT2D eigenvalue weighted by atomic mass is 10.1. The second-order valence-corrected chi connectivity index (χ2v) is 9.30. The van der Waals surface area contributed by atoms with Gasteiger partial charge in [-0.3, -0.25) is 4.72 Å². The molecular formula is C21H19N3O3S2. The molecule has 0 radical (unpaired) electrons. The first-order valence-electron chi connectivity index (χ1n) is 8.97. The molecule has 1 N–H and O–H groups in total. The highest BCUT2D eigenvalue weighted by Gasteiger charge is 2.18. The van der Waals surface area contributed by atoms with E-state index in [1.54, 1.807) is 30.3 Å². The van der Waals surface area contributed by atoms with Crippen LogP contribution in [0.4, 0.5) is 5.69 Å². The van der Waals surface area contributed by atoms with E-state index in [1.165, 1.54) is 11.3 Å². The number of rotatable bonds is 6. The highest BCUT2D eigenvalue weighted by Crippen LogP contribution is 2.25. The number of thiophene rings is 1. The first kappa shape index (κ1) is 19.4. The minimum atomic E-state index is -3.71. The van der Waals surface area contributed by atoms with Gasteiger partial charge in [-0.2, -0.15) is 4.98 Å². The molecule has 4 aromatic rings. The van der Waals surface area contributed by atoms with Crippen molar-refractivity contribution in [1.82, 2.24) is 10.1 Å². The molecule has 2 aromatic carbocycles. The fraction of sp³-hybridized carbons (Fsp3) is 0.143. The van der Waals surface area contributed by atoms with Crippen molar-refractivity contribution in [3.63, 3.8) is 0 Å². The summed E-state index contributed by atoms with van der Waals surface area (Å²) in [6.45, 7) is 3.84. The van der Waals surface area contributed by atoms with Gasteiger partial charge in [-0.25, -0.2) is 8.42 Å². The van der Waals surface area contributed by atoms with E-state index in [0.717, 1.165) is 21.6 Å². The van der Waals surface area contributed by atoms with Crippen LogP contribution in [-0.4, -0.2) is 18.6 Å². The fourth-order valence-corrected chi connectivity index (χ4v) is 4.69. The normalized spacial score (nSPS) is 11.5. The number of aryl methyl sites for hydroxylation is 2. The van der Waals surface area contributed by atoms with Crippen LogP contribution in [0.1, 0.15) is 22.6 Å². The third-order valence-corrected chi connectivity index (χ3v) is 6.83. The second-order valence-electron chi connectivity index (χ2n) is 6.67. The van der Waals surface area contributed by atoms with Crippen LogP contribution >= 0.6 is 11.3 Å². The van der Waals surface area contributed by atoms with Crippen LogP contribution in [0, 0.1) is 13.8 Å². The maximum atomic E-state index is 12.9. The van der Waals surface area contributed by atoms with Crippen molar-refractivity contribution in [3.8, 4) is 10.7 Å². The number of anilines is 1. The zero-order valence-corrected chi connectivity index (χ0v) is 17.5. The van der Waals surface area contributed by atoms with Crippen LogP contribution in [-0.2, 0) is 16.4 Å². The quantitative estimate of drug-likeness (QED) is 0.479. The average Bonchev–Trinajstić information content (AvgIpc) is 3.37. The molecule has 0 bridgehead atoms. The number of hydrogen-bond donors (Lipinski definition) is 1. The van der Waals surface area contributed by atoms with Gasteiger partial charge in [0.05, 0.1) is 21.9 Å². The van der Waals surface area contributed by atoms with Gasteiger partial charge in [-0.15, -0.1) is 11.3 Å². The lowest BCUT2D eigenvalue weighted by Gasteiger charge is -2.12. The van der Waals surface area contributed by atoms with Gasteiger partial charge in [0.15, 0.2) is 0 Å². The maximum Gasteiger partial charge on any atom is 0.261 e. The molecule has 148 valence electrons. The fourth-order valence-electron chi connectivity index (χ4n) is 2.85. The van der Waals surface area contributed by atoms with Crippen molar-refractivity contribution < 1.29 is 12.9 Å². The van der Waals surface area contributed by atoms with Crippen LogP contribution < -0.4 is 4.72 Å². The van der Waals surface area contributed by atoms with Gasteiger partial charge < -0.3 is 4.52 Å². The first-order valence-corrected chi connectivity index (χ1v) is 11.3. The van der Waals surface area contributed by atoms with E-state index in [9.17, 15) is 8.42 Å². The average molecular weight is 426 g/mol. The van der Waals surface area contributed by atoms with E-state index in [2.05, 4.69) is 14.9 Å². The molecule has 0 unspecified atom stereocenters. The van der Waals surface area contributed by atoms with E-state index < -0.39 is 10.0 Å². The number of aromatic nitrogens is 2. The summed E-state index contributed by atoms with van der Waals surface area (Å²) in [5.41, 5.74) is 3.21. The van der Waals surface area contributed by atoms with Crippen LogP contribution in [0.5, 0.6) is 0 Å². The Bertz CT molecular complexity index is 1250. The summed E-state index contributed by atoms with van der Waals surface area (Å²) < 4.78 is 33.8. The second kappa shape index (κ2) is 7.81. The van der Waals surface area contributed by atoms with E-state index in [4.69, 9.17) is 4.52 Å². The van der Waals surface area contributed by atoms with E-state index in [-0.39, 0.29) is 4.90 Å². The Balaban J connectivity index is 1.59. The molecule has 29 heavy (non-hydrogen) atoms. The molecule has 4 rings (SSSR count).